The third-order valence-corrected chi connectivity index (χ3v) is 2.67. The van der Waals surface area contributed by atoms with Crippen molar-refractivity contribution in [1.29, 1.82) is 0 Å². The molecule has 0 unspecified atom stereocenters. The molecule has 0 aliphatic rings. The van der Waals surface area contributed by atoms with Crippen molar-refractivity contribution < 1.29 is 19.3 Å². The molecule has 0 aliphatic heterocycles. The minimum absolute atomic E-state index is 0.363. The summed E-state index contributed by atoms with van der Waals surface area (Å²) in [6.45, 7) is 3.26. The van der Waals surface area contributed by atoms with Crippen LogP contribution in [0.5, 0.6) is 17.2 Å². The fourth-order valence-electron chi connectivity index (χ4n) is 1.70. The lowest BCUT2D eigenvalue weighted by Crippen LogP contribution is -2.19. The Labute approximate surface area is 106 Å². The Bertz CT molecular complexity index is 410. The van der Waals surface area contributed by atoms with Crippen LogP contribution >= 0.6 is 11.6 Å². The maximum absolute atomic E-state index is 10.2. The van der Waals surface area contributed by atoms with Gasteiger partial charge in [0, 0.05) is 6.07 Å². The number of aliphatic hydroxyl groups is 1. The van der Waals surface area contributed by atoms with Gasteiger partial charge in [0.25, 0.3) is 0 Å². The third-order valence-electron chi connectivity index (χ3n) is 2.39. The van der Waals surface area contributed by atoms with E-state index < -0.39 is 5.60 Å². The molecule has 1 aromatic carbocycles. The molecular weight excluding hydrogens is 244 g/mol. The molecule has 1 N–H and O–H groups in total. The van der Waals surface area contributed by atoms with E-state index >= 15 is 0 Å². The molecule has 96 valence electrons. The summed E-state index contributed by atoms with van der Waals surface area (Å²) in [6, 6.07) is 1.59. The molecule has 0 amide bonds. The second-order valence-electron chi connectivity index (χ2n) is 4.06. The zero-order chi connectivity index (χ0) is 13.2. The van der Waals surface area contributed by atoms with E-state index in [1.807, 2.05) is 0 Å². The van der Waals surface area contributed by atoms with Crippen molar-refractivity contribution in [3.63, 3.8) is 0 Å². The average Bonchev–Trinajstić information content (AvgIpc) is 2.26. The monoisotopic (exact) mass is 260 g/mol. The van der Waals surface area contributed by atoms with Crippen LogP contribution in [-0.4, -0.2) is 26.4 Å². The number of methoxy groups -OCH3 is 3. The summed E-state index contributed by atoms with van der Waals surface area (Å²) < 4.78 is 15.7. The van der Waals surface area contributed by atoms with Crippen LogP contribution < -0.4 is 14.2 Å². The number of rotatable bonds is 4. The van der Waals surface area contributed by atoms with Crippen LogP contribution in [0.3, 0.4) is 0 Å². The largest absolute Gasteiger partial charge is 0.495 e. The molecular formula is C12H17ClO4. The fraction of sp³-hybridized carbons (Fsp3) is 0.500. The van der Waals surface area contributed by atoms with Crippen LogP contribution in [-0.2, 0) is 5.60 Å². The van der Waals surface area contributed by atoms with Gasteiger partial charge in [-0.15, -0.1) is 0 Å². The van der Waals surface area contributed by atoms with Crippen molar-refractivity contribution in [3.8, 4) is 17.2 Å². The van der Waals surface area contributed by atoms with E-state index in [9.17, 15) is 5.11 Å². The summed E-state index contributed by atoms with van der Waals surface area (Å²) in [5.74, 6) is 1.26. The number of halogens is 1. The van der Waals surface area contributed by atoms with Gasteiger partial charge in [0.2, 0.25) is 0 Å². The molecule has 1 aromatic rings. The molecule has 0 fully saturated rings. The molecule has 0 saturated heterocycles. The maximum Gasteiger partial charge on any atom is 0.170 e. The molecule has 0 radical (unpaired) electrons. The van der Waals surface area contributed by atoms with Gasteiger partial charge in [-0.3, -0.25) is 0 Å². The quantitative estimate of drug-likeness (QED) is 0.904. The summed E-state index contributed by atoms with van der Waals surface area (Å²) in [5, 5.41) is 10.5. The molecule has 4 nitrogen and oxygen atoms in total. The number of benzene rings is 1. The molecule has 5 heteroatoms. The molecule has 17 heavy (non-hydrogen) atoms. The molecule has 1 rings (SSSR count). The summed E-state index contributed by atoms with van der Waals surface area (Å²) in [5.41, 5.74) is -0.693. The Morgan fingerprint density at radius 2 is 1.59 bits per heavy atom. The Morgan fingerprint density at radius 1 is 1.06 bits per heavy atom. The highest BCUT2D eigenvalue weighted by Crippen LogP contribution is 2.47. The molecule has 0 bridgehead atoms. The SMILES string of the molecule is COc1cc(Cl)c(OC)c(C(C)(C)O)c1OC. The summed E-state index contributed by atoms with van der Waals surface area (Å²) in [6.07, 6.45) is 0. The molecule has 0 aliphatic carbocycles. The van der Waals surface area contributed by atoms with Crippen LogP contribution in [0, 0.1) is 0 Å². The predicted molar refractivity (Wildman–Crippen MR) is 66.4 cm³/mol. The van der Waals surface area contributed by atoms with Gasteiger partial charge in [-0.05, 0) is 13.8 Å². The van der Waals surface area contributed by atoms with Gasteiger partial charge in [0.15, 0.2) is 11.5 Å². The summed E-state index contributed by atoms with van der Waals surface area (Å²) >= 11 is 6.08. The molecule has 0 spiro atoms. The van der Waals surface area contributed by atoms with E-state index in [0.29, 0.717) is 27.8 Å². The summed E-state index contributed by atoms with van der Waals surface area (Å²) in [7, 11) is 4.50. The number of hydrogen-bond donors (Lipinski definition) is 1. The highest BCUT2D eigenvalue weighted by atomic mass is 35.5. The normalized spacial score (nSPS) is 11.2. The van der Waals surface area contributed by atoms with Gasteiger partial charge >= 0.3 is 0 Å². The molecule has 0 saturated carbocycles. The van der Waals surface area contributed by atoms with Gasteiger partial charge in [-0.25, -0.2) is 0 Å². The van der Waals surface area contributed by atoms with Crippen molar-refractivity contribution in [2.45, 2.75) is 19.4 Å². The van der Waals surface area contributed by atoms with E-state index in [1.54, 1.807) is 19.9 Å². The van der Waals surface area contributed by atoms with Gasteiger partial charge in [-0.2, -0.15) is 0 Å². The first kappa shape index (κ1) is 13.9. The average molecular weight is 261 g/mol. The number of ether oxygens (including phenoxy) is 3. The minimum atomic E-state index is -1.16. The van der Waals surface area contributed by atoms with Crippen LogP contribution in [0.2, 0.25) is 5.02 Å². The van der Waals surface area contributed by atoms with Crippen molar-refractivity contribution in [3.05, 3.63) is 16.7 Å². The maximum atomic E-state index is 10.2. The first-order chi connectivity index (χ1) is 7.86. The zero-order valence-corrected chi connectivity index (χ0v) is 11.4. The van der Waals surface area contributed by atoms with E-state index in [-0.39, 0.29) is 0 Å². The Hall–Kier alpha value is -1.13. The lowest BCUT2D eigenvalue weighted by Gasteiger charge is -2.25. The van der Waals surface area contributed by atoms with Gasteiger partial charge in [-0.1, -0.05) is 11.6 Å². The zero-order valence-electron chi connectivity index (χ0n) is 10.6. The Kier molecular flexibility index (Phi) is 4.11. The van der Waals surface area contributed by atoms with E-state index in [2.05, 4.69) is 0 Å². The van der Waals surface area contributed by atoms with Gasteiger partial charge in [0.05, 0.1) is 37.5 Å². The third kappa shape index (κ3) is 2.58. The first-order valence-corrected chi connectivity index (χ1v) is 5.46. The van der Waals surface area contributed by atoms with E-state index in [1.165, 1.54) is 21.3 Å². The van der Waals surface area contributed by atoms with Crippen molar-refractivity contribution in [1.82, 2.24) is 0 Å². The van der Waals surface area contributed by atoms with Crippen LogP contribution in [0.15, 0.2) is 6.07 Å². The topological polar surface area (TPSA) is 47.9 Å². The van der Waals surface area contributed by atoms with Crippen LogP contribution in [0.25, 0.3) is 0 Å². The lowest BCUT2D eigenvalue weighted by atomic mass is 9.95. The second-order valence-corrected chi connectivity index (χ2v) is 4.47. The standard InChI is InChI=1S/C12H17ClO4/c1-12(2,14)9-10(16-4)7(13)6-8(15-3)11(9)17-5/h6,14H,1-5H3. The Morgan fingerprint density at radius 3 is 1.94 bits per heavy atom. The molecule has 0 aromatic heterocycles. The van der Waals surface area contributed by atoms with Gasteiger partial charge in [0.1, 0.15) is 5.75 Å². The molecule has 0 atom stereocenters. The minimum Gasteiger partial charge on any atom is -0.495 e. The van der Waals surface area contributed by atoms with Crippen molar-refractivity contribution in [2.75, 3.05) is 21.3 Å². The predicted octanol–water partition coefficient (Wildman–Crippen LogP) is 2.59. The number of hydrogen-bond acceptors (Lipinski definition) is 4. The van der Waals surface area contributed by atoms with Crippen molar-refractivity contribution >= 4 is 11.6 Å². The Balaban J connectivity index is 3.65. The van der Waals surface area contributed by atoms with Crippen molar-refractivity contribution in [2.24, 2.45) is 0 Å². The second kappa shape index (κ2) is 5.02. The van der Waals surface area contributed by atoms with Crippen LogP contribution in [0.4, 0.5) is 0 Å². The fourth-order valence-corrected chi connectivity index (χ4v) is 1.97. The van der Waals surface area contributed by atoms with Crippen LogP contribution in [0.1, 0.15) is 19.4 Å². The van der Waals surface area contributed by atoms with E-state index in [0.717, 1.165) is 0 Å². The highest BCUT2D eigenvalue weighted by Gasteiger charge is 2.30. The first-order valence-electron chi connectivity index (χ1n) is 5.08. The summed E-state index contributed by atoms with van der Waals surface area (Å²) in [4.78, 5) is 0. The molecule has 0 heterocycles. The van der Waals surface area contributed by atoms with E-state index in [4.69, 9.17) is 25.8 Å². The van der Waals surface area contributed by atoms with Gasteiger partial charge < -0.3 is 19.3 Å². The highest BCUT2D eigenvalue weighted by molar-refractivity contribution is 6.32. The lowest BCUT2D eigenvalue weighted by molar-refractivity contribution is 0.0721. The smallest absolute Gasteiger partial charge is 0.170 e.